The second-order valence-corrected chi connectivity index (χ2v) is 5.33. The molecule has 0 fully saturated rings. The number of nitrogens with one attached hydrogen (secondary N) is 2. The Morgan fingerprint density at radius 1 is 1.04 bits per heavy atom. The largest absolute Gasteiger partial charge is 0.492 e. The summed E-state index contributed by atoms with van der Waals surface area (Å²) in [4.78, 5) is 34.3. The maximum absolute atomic E-state index is 12.0. The van der Waals surface area contributed by atoms with Crippen LogP contribution in [0.25, 0.3) is 0 Å². The summed E-state index contributed by atoms with van der Waals surface area (Å²) >= 11 is 0. The summed E-state index contributed by atoms with van der Waals surface area (Å²) in [5.41, 5.74) is 3.12. The van der Waals surface area contributed by atoms with Crippen LogP contribution >= 0.6 is 0 Å². The zero-order valence-corrected chi connectivity index (χ0v) is 15.0. The highest BCUT2D eigenvalue weighted by Gasteiger charge is 2.15. The fourth-order valence-corrected chi connectivity index (χ4v) is 2.04. The first-order valence-electron chi connectivity index (χ1n) is 8.30. The van der Waals surface area contributed by atoms with Crippen molar-refractivity contribution in [2.24, 2.45) is 5.10 Å². The second kappa shape index (κ2) is 10.3. The molecule has 9 heteroatoms. The van der Waals surface area contributed by atoms with Crippen molar-refractivity contribution in [1.82, 2.24) is 5.43 Å². The molecule has 0 unspecified atom stereocenters. The third-order valence-electron chi connectivity index (χ3n) is 3.26. The van der Waals surface area contributed by atoms with Gasteiger partial charge in [-0.05, 0) is 48.9 Å². The number of carboxylic acid groups (broad SMARTS) is 1. The molecule has 146 valence electrons. The monoisotopic (exact) mass is 385 g/mol. The SMILES string of the molecule is CCOc1ccccc1NC(=O)C(=O)N/N=C\c1ccc(OCC(=O)O)cc1. The van der Waals surface area contributed by atoms with Crippen molar-refractivity contribution in [3.63, 3.8) is 0 Å². The minimum atomic E-state index is -1.07. The van der Waals surface area contributed by atoms with Crippen LogP contribution in [0.4, 0.5) is 5.69 Å². The van der Waals surface area contributed by atoms with Crippen LogP contribution in [-0.2, 0) is 14.4 Å². The van der Waals surface area contributed by atoms with Gasteiger partial charge < -0.3 is 19.9 Å². The van der Waals surface area contributed by atoms with Crippen LogP contribution in [0.3, 0.4) is 0 Å². The number of benzene rings is 2. The van der Waals surface area contributed by atoms with Gasteiger partial charge >= 0.3 is 17.8 Å². The topological polar surface area (TPSA) is 126 Å². The first-order chi connectivity index (χ1) is 13.5. The molecule has 0 heterocycles. The Morgan fingerprint density at radius 2 is 1.75 bits per heavy atom. The van der Waals surface area contributed by atoms with Crippen LogP contribution in [0, 0.1) is 0 Å². The standard InChI is InChI=1S/C19H19N3O6/c1-2-27-16-6-4-3-5-15(16)21-18(25)19(26)22-20-11-13-7-9-14(10-8-13)28-12-17(23)24/h3-11H,2,12H2,1H3,(H,21,25)(H,22,26)(H,23,24)/b20-11-. The molecule has 2 aromatic carbocycles. The van der Waals surface area contributed by atoms with Crippen LogP contribution in [0.2, 0.25) is 0 Å². The number of carbonyl (C=O) groups excluding carboxylic acids is 2. The average Bonchev–Trinajstić information content (AvgIpc) is 2.69. The van der Waals surface area contributed by atoms with E-state index in [0.717, 1.165) is 0 Å². The smallest absolute Gasteiger partial charge is 0.341 e. The molecule has 2 rings (SSSR count). The number of ether oxygens (including phenoxy) is 2. The minimum Gasteiger partial charge on any atom is -0.492 e. The molecule has 0 atom stereocenters. The summed E-state index contributed by atoms with van der Waals surface area (Å²) in [6, 6.07) is 13.1. The molecule has 2 aromatic rings. The zero-order chi connectivity index (χ0) is 20.4. The number of hydrogen-bond acceptors (Lipinski definition) is 6. The van der Waals surface area contributed by atoms with Crippen molar-refractivity contribution < 1.29 is 29.0 Å². The van der Waals surface area contributed by atoms with Crippen LogP contribution in [0.15, 0.2) is 53.6 Å². The van der Waals surface area contributed by atoms with Crippen LogP contribution < -0.4 is 20.2 Å². The molecule has 2 amide bonds. The van der Waals surface area contributed by atoms with Gasteiger partial charge in [0.05, 0.1) is 18.5 Å². The van der Waals surface area contributed by atoms with Crippen LogP contribution in [-0.4, -0.2) is 42.3 Å². The average molecular weight is 385 g/mol. The van der Waals surface area contributed by atoms with Crippen molar-refractivity contribution in [1.29, 1.82) is 0 Å². The fraction of sp³-hybridized carbons (Fsp3) is 0.158. The summed E-state index contributed by atoms with van der Waals surface area (Å²) in [5, 5.41) is 14.7. The third kappa shape index (κ3) is 6.45. The van der Waals surface area contributed by atoms with E-state index in [9.17, 15) is 14.4 Å². The lowest BCUT2D eigenvalue weighted by molar-refractivity contribution is -0.139. The van der Waals surface area contributed by atoms with Crippen LogP contribution in [0.5, 0.6) is 11.5 Å². The number of hydrazone groups is 1. The highest BCUT2D eigenvalue weighted by Crippen LogP contribution is 2.23. The van der Waals surface area contributed by atoms with E-state index < -0.39 is 24.4 Å². The number of nitrogens with zero attached hydrogens (tertiary/aromatic N) is 1. The van der Waals surface area contributed by atoms with E-state index in [2.05, 4.69) is 15.8 Å². The number of anilines is 1. The van der Waals surface area contributed by atoms with Crippen LogP contribution in [0.1, 0.15) is 12.5 Å². The van der Waals surface area contributed by atoms with Crippen molar-refractivity contribution in [3.05, 3.63) is 54.1 Å². The lowest BCUT2D eigenvalue weighted by Gasteiger charge is -2.10. The van der Waals surface area contributed by atoms with E-state index in [1.807, 2.05) is 6.92 Å². The van der Waals surface area contributed by atoms with Gasteiger partial charge in [-0.3, -0.25) is 9.59 Å². The van der Waals surface area contributed by atoms with E-state index >= 15 is 0 Å². The molecule has 0 saturated heterocycles. The highest BCUT2D eigenvalue weighted by atomic mass is 16.5. The van der Waals surface area contributed by atoms with Gasteiger partial charge in [0.25, 0.3) is 0 Å². The van der Waals surface area contributed by atoms with Gasteiger partial charge in [0.15, 0.2) is 6.61 Å². The lowest BCUT2D eigenvalue weighted by atomic mass is 10.2. The molecule has 3 N–H and O–H groups in total. The molecule has 0 aromatic heterocycles. The quantitative estimate of drug-likeness (QED) is 0.360. The summed E-state index contributed by atoms with van der Waals surface area (Å²) in [7, 11) is 0. The molecule has 0 aliphatic heterocycles. The Bertz CT molecular complexity index is 864. The summed E-state index contributed by atoms with van der Waals surface area (Å²) in [6.45, 7) is 1.79. The zero-order valence-electron chi connectivity index (χ0n) is 15.0. The fourth-order valence-electron chi connectivity index (χ4n) is 2.04. The molecule has 0 saturated carbocycles. The van der Waals surface area contributed by atoms with Crippen molar-refractivity contribution in [2.45, 2.75) is 6.92 Å². The molecular formula is C19H19N3O6. The van der Waals surface area contributed by atoms with E-state index in [4.69, 9.17) is 14.6 Å². The number of rotatable bonds is 8. The number of hydrogen-bond donors (Lipinski definition) is 3. The highest BCUT2D eigenvalue weighted by molar-refractivity contribution is 6.39. The van der Waals surface area contributed by atoms with E-state index in [0.29, 0.717) is 29.4 Å². The predicted octanol–water partition coefficient (Wildman–Crippen LogP) is 1.64. The van der Waals surface area contributed by atoms with Crippen molar-refractivity contribution in [2.75, 3.05) is 18.5 Å². The molecular weight excluding hydrogens is 366 g/mol. The number of aliphatic carboxylic acids is 1. The summed E-state index contributed by atoms with van der Waals surface area (Å²) < 4.78 is 10.4. The maximum Gasteiger partial charge on any atom is 0.341 e. The predicted molar refractivity (Wildman–Crippen MR) is 102 cm³/mol. The number of para-hydroxylation sites is 2. The Hall–Kier alpha value is -3.88. The summed E-state index contributed by atoms with van der Waals surface area (Å²) in [5.74, 6) is -2.06. The Morgan fingerprint density at radius 3 is 2.43 bits per heavy atom. The molecule has 0 aliphatic rings. The van der Waals surface area contributed by atoms with E-state index in [1.165, 1.54) is 6.21 Å². The molecule has 0 aliphatic carbocycles. The van der Waals surface area contributed by atoms with Gasteiger partial charge in [-0.25, -0.2) is 10.2 Å². The van der Waals surface area contributed by atoms with Gasteiger partial charge in [0.2, 0.25) is 0 Å². The second-order valence-electron chi connectivity index (χ2n) is 5.33. The first-order valence-corrected chi connectivity index (χ1v) is 8.30. The number of amides is 2. The minimum absolute atomic E-state index is 0.380. The molecule has 0 bridgehead atoms. The molecule has 0 radical (unpaired) electrons. The van der Waals surface area contributed by atoms with Gasteiger partial charge in [-0.15, -0.1) is 0 Å². The van der Waals surface area contributed by atoms with Gasteiger partial charge in [-0.2, -0.15) is 5.10 Å². The normalized spacial score (nSPS) is 10.3. The Labute approximate surface area is 161 Å². The maximum atomic E-state index is 12.0. The summed E-state index contributed by atoms with van der Waals surface area (Å²) in [6.07, 6.45) is 1.33. The van der Waals surface area contributed by atoms with Gasteiger partial charge in [0, 0.05) is 0 Å². The van der Waals surface area contributed by atoms with Crippen molar-refractivity contribution in [3.8, 4) is 11.5 Å². The first kappa shape index (κ1) is 20.4. The van der Waals surface area contributed by atoms with E-state index in [1.54, 1.807) is 48.5 Å². The Balaban J connectivity index is 1.87. The van der Waals surface area contributed by atoms with E-state index in [-0.39, 0.29) is 0 Å². The van der Waals surface area contributed by atoms with Gasteiger partial charge in [0.1, 0.15) is 11.5 Å². The van der Waals surface area contributed by atoms with Crippen molar-refractivity contribution >= 4 is 29.7 Å². The van der Waals surface area contributed by atoms with Gasteiger partial charge in [-0.1, -0.05) is 12.1 Å². The molecule has 9 nitrogen and oxygen atoms in total. The number of carbonyl (C=O) groups is 3. The molecule has 28 heavy (non-hydrogen) atoms. The molecule has 0 spiro atoms. The number of carboxylic acids is 1. The Kier molecular flexibility index (Phi) is 7.53. The lowest BCUT2D eigenvalue weighted by Crippen LogP contribution is -2.32. The third-order valence-corrected chi connectivity index (χ3v) is 3.26.